The van der Waals surface area contributed by atoms with Crippen molar-refractivity contribution in [2.24, 2.45) is 5.73 Å². The van der Waals surface area contributed by atoms with Crippen molar-refractivity contribution in [1.29, 1.82) is 0 Å². The first kappa shape index (κ1) is 21.6. The number of anilines is 1. The van der Waals surface area contributed by atoms with Crippen LogP contribution in [0.3, 0.4) is 0 Å². The number of hydrogen-bond acceptors (Lipinski definition) is 8. The summed E-state index contributed by atoms with van der Waals surface area (Å²) in [6.07, 6.45) is 0.464. The van der Waals surface area contributed by atoms with Crippen LogP contribution in [0.25, 0.3) is 0 Å². The molecule has 2 aromatic carbocycles. The van der Waals surface area contributed by atoms with Gasteiger partial charge in [-0.3, -0.25) is 9.59 Å². The van der Waals surface area contributed by atoms with Gasteiger partial charge >= 0.3 is 0 Å². The van der Waals surface area contributed by atoms with Gasteiger partial charge in [0.25, 0.3) is 0 Å². The summed E-state index contributed by atoms with van der Waals surface area (Å²) in [6, 6.07) is 5.21. The number of fused-ring (bicyclic) bond motifs is 4. The second-order valence-corrected chi connectivity index (χ2v) is 9.01. The molecule has 2 aliphatic heterocycles. The van der Waals surface area contributed by atoms with Gasteiger partial charge in [0.05, 0.1) is 22.9 Å². The van der Waals surface area contributed by atoms with Crippen LogP contribution in [0.4, 0.5) is 5.69 Å². The number of carbonyl (C=O) groups is 2. The molecule has 2 aliphatic carbocycles. The molecule has 0 radical (unpaired) electrons. The molecule has 2 aromatic rings. The van der Waals surface area contributed by atoms with E-state index in [9.17, 15) is 24.9 Å². The van der Waals surface area contributed by atoms with Gasteiger partial charge in [-0.25, -0.2) is 0 Å². The van der Waals surface area contributed by atoms with Crippen molar-refractivity contribution in [2.75, 3.05) is 5.32 Å². The maximum Gasteiger partial charge on any atom is 0.198 e. The van der Waals surface area contributed by atoms with Gasteiger partial charge in [0.2, 0.25) is 0 Å². The normalized spacial score (nSPS) is 30.5. The molecule has 0 saturated carbocycles. The first-order valence-electron chi connectivity index (χ1n) is 11.1. The van der Waals surface area contributed by atoms with Gasteiger partial charge in [0.15, 0.2) is 28.9 Å². The van der Waals surface area contributed by atoms with Gasteiger partial charge in [-0.2, -0.15) is 0 Å². The molecule has 5 atom stereocenters. The van der Waals surface area contributed by atoms with Crippen molar-refractivity contribution in [2.45, 2.75) is 42.9 Å². The average molecular weight is 468 g/mol. The fourth-order valence-electron chi connectivity index (χ4n) is 5.61. The Hall–Kier alpha value is -3.92. The summed E-state index contributed by atoms with van der Waals surface area (Å²) in [4.78, 5) is 27.2. The molecule has 2 bridgehead atoms. The number of phenols is 1. The summed E-state index contributed by atoms with van der Waals surface area (Å²) >= 11 is 0. The van der Waals surface area contributed by atoms with Gasteiger partial charge in [-0.1, -0.05) is 29.7 Å². The van der Waals surface area contributed by atoms with Crippen LogP contribution < -0.4 is 11.1 Å². The summed E-state index contributed by atoms with van der Waals surface area (Å²) in [5, 5.41) is 36.1. The zero-order valence-electron chi connectivity index (χ0n) is 18.5. The third kappa shape index (κ3) is 2.52. The van der Waals surface area contributed by atoms with Crippen LogP contribution in [0.5, 0.6) is 5.75 Å². The van der Waals surface area contributed by atoms with Crippen LogP contribution in [-0.2, 0) is 16.9 Å². The predicted molar refractivity (Wildman–Crippen MR) is 125 cm³/mol. The molecule has 1 saturated heterocycles. The molecule has 0 spiro atoms. The molecule has 6 N–H and O–H groups in total. The minimum atomic E-state index is -1.59. The number of epoxide rings is 1. The number of carbonyl (C=O) groups excluding carboxylic acids is 2. The Bertz CT molecular complexity index is 1520. The molecule has 1 unspecified atom stereocenters. The summed E-state index contributed by atoms with van der Waals surface area (Å²) in [5.41, 5.74) is 4.01. The van der Waals surface area contributed by atoms with E-state index in [0.717, 1.165) is 0 Å². The predicted octanol–water partition coefficient (Wildman–Crippen LogP) is 0.703. The van der Waals surface area contributed by atoms with Crippen molar-refractivity contribution < 1.29 is 29.6 Å². The van der Waals surface area contributed by atoms with E-state index in [2.05, 4.69) is 29.0 Å². The third-order valence-corrected chi connectivity index (χ3v) is 7.26. The number of ketones is 2. The fourth-order valence-corrected chi connectivity index (χ4v) is 5.61. The molecular formula is C27H20N2O6. The Morgan fingerprint density at radius 2 is 1.83 bits per heavy atom. The van der Waals surface area contributed by atoms with E-state index in [1.165, 1.54) is 31.2 Å². The van der Waals surface area contributed by atoms with Crippen molar-refractivity contribution in [3.8, 4) is 29.4 Å². The first-order chi connectivity index (χ1) is 16.8. The smallest absolute Gasteiger partial charge is 0.198 e. The second kappa shape index (κ2) is 7.05. The van der Waals surface area contributed by atoms with Crippen LogP contribution in [0, 0.1) is 23.7 Å². The zero-order chi connectivity index (χ0) is 24.7. The van der Waals surface area contributed by atoms with Crippen molar-refractivity contribution in [3.63, 3.8) is 0 Å². The number of hydrogen-bond donors (Lipinski definition) is 5. The summed E-state index contributed by atoms with van der Waals surface area (Å²) in [5.74, 6) is 9.82. The van der Waals surface area contributed by atoms with E-state index < -0.39 is 46.8 Å². The number of aliphatic hydroxyl groups excluding tert-OH is 2. The minimum Gasteiger partial charge on any atom is -0.507 e. The average Bonchev–Trinajstić information content (AvgIpc) is 3.57. The molecule has 6 rings (SSSR count). The highest BCUT2D eigenvalue weighted by Crippen LogP contribution is 2.67. The van der Waals surface area contributed by atoms with Crippen LogP contribution in [0.15, 0.2) is 36.4 Å². The number of nitrogens with one attached hydrogen (secondary N) is 1. The van der Waals surface area contributed by atoms with Gasteiger partial charge < -0.3 is 31.1 Å². The van der Waals surface area contributed by atoms with Crippen LogP contribution in [0.2, 0.25) is 0 Å². The van der Waals surface area contributed by atoms with E-state index in [1.54, 1.807) is 12.1 Å². The Labute approximate surface area is 200 Å². The Morgan fingerprint density at radius 3 is 2.54 bits per heavy atom. The molecular weight excluding hydrogens is 448 g/mol. The highest BCUT2D eigenvalue weighted by Gasteiger charge is 2.82. The van der Waals surface area contributed by atoms with E-state index >= 15 is 0 Å². The lowest BCUT2D eigenvalue weighted by atomic mass is 9.69. The van der Waals surface area contributed by atoms with E-state index in [4.69, 9.17) is 10.5 Å². The Balaban J connectivity index is 1.67. The molecule has 8 nitrogen and oxygen atoms in total. The number of aliphatic hydroxyl groups is 2. The highest BCUT2D eigenvalue weighted by molar-refractivity contribution is 6.31. The van der Waals surface area contributed by atoms with Crippen LogP contribution >= 0.6 is 0 Å². The molecule has 0 aromatic heterocycles. The van der Waals surface area contributed by atoms with Crippen molar-refractivity contribution >= 4 is 17.3 Å². The lowest BCUT2D eigenvalue weighted by Crippen LogP contribution is -2.54. The first-order valence-corrected chi connectivity index (χ1v) is 11.1. The van der Waals surface area contributed by atoms with Crippen molar-refractivity contribution in [1.82, 2.24) is 0 Å². The highest BCUT2D eigenvalue weighted by atomic mass is 16.7. The lowest BCUT2D eigenvalue weighted by Gasteiger charge is -2.37. The third-order valence-electron chi connectivity index (χ3n) is 7.26. The summed E-state index contributed by atoms with van der Waals surface area (Å²) in [7, 11) is 0. The van der Waals surface area contributed by atoms with Gasteiger partial charge in [-0.05, 0) is 42.8 Å². The largest absolute Gasteiger partial charge is 0.507 e. The number of nitrogens with two attached hydrogens (primary N) is 1. The second-order valence-electron chi connectivity index (χ2n) is 9.01. The van der Waals surface area contributed by atoms with Crippen LogP contribution in [-0.4, -0.2) is 50.7 Å². The number of benzene rings is 2. The zero-order valence-corrected chi connectivity index (χ0v) is 18.5. The SMILES string of the molecule is CC(O)[C@@]12O[C@]13c1cc(O)c4c(c1N[C@H]2C#C/C=C\C#C[C@H]3O)C(=O)c1cc(CN)ccc1C4=O. The number of rotatable bonds is 2. The monoisotopic (exact) mass is 468 g/mol. The number of allylic oxidation sites excluding steroid dienone is 2. The standard InChI is InChI=1S/C27H20N2O6/c1-13(30)26-19-6-4-2-3-5-7-20(32)27(26,35-26)17-11-18(31)21-22(23(17)29-19)25(34)16-10-14(12-28)8-9-15(16)24(21)33/h2-3,8-11,13,19-20,29-32H,12,28H2,1H3/b3-2-/t13?,19-,20+,26-,27-/m0/s1. The van der Waals surface area contributed by atoms with E-state index in [1.807, 2.05) is 0 Å². The molecule has 2 heterocycles. The molecule has 35 heavy (non-hydrogen) atoms. The quantitative estimate of drug-likeness (QED) is 0.210. The summed E-state index contributed by atoms with van der Waals surface area (Å²) < 4.78 is 6.14. The number of phenolic OH excluding ortho intramolecular Hbond substituents is 1. The maximum absolute atomic E-state index is 13.8. The molecule has 4 aliphatic rings. The lowest BCUT2D eigenvalue weighted by molar-refractivity contribution is 0.0867. The molecule has 0 amide bonds. The molecule has 1 fully saturated rings. The number of ether oxygens (including phenoxy) is 1. The molecule has 8 heteroatoms. The molecule has 174 valence electrons. The Kier molecular flexibility index (Phi) is 4.35. The maximum atomic E-state index is 13.8. The fraction of sp³-hybridized carbons (Fsp3) is 0.259. The topological polar surface area (TPSA) is 145 Å². The van der Waals surface area contributed by atoms with E-state index in [-0.39, 0.29) is 40.0 Å². The van der Waals surface area contributed by atoms with Gasteiger partial charge in [0.1, 0.15) is 11.8 Å². The van der Waals surface area contributed by atoms with Crippen LogP contribution in [0.1, 0.15) is 49.9 Å². The number of aromatic hydroxyl groups is 1. The van der Waals surface area contributed by atoms with Crippen molar-refractivity contribution in [3.05, 3.63) is 69.8 Å². The van der Waals surface area contributed by atoms with Gasteiger partial charge in [-0.15, -0.1) is 0 Å². The van der Waals surface area contributed by atoms with Gasteiger partial charge in [0, 0.05) is 23.2 Å². The summed E-state index contributed by atoms with van der Waals surface area (Å²) in [6.45, 7) is 1.70. The Morgan fingerprint density at radius 1 is 1.11 bits per heavy atom. The van der Waals surface area contributed by atoms with E-state index in [0.29, 0.717) is 5.56 Å². The minimum absolute atomic E-state index is 0.0414.